The van der Waals surface area contributed by atoms with Crippen molar-refractivity contribution in [2.45, 2.75) is 25.4 Å². The van der Waals surface area contributed by atoms with Crippen LogP contribution in [0.4, 0.5) is 5.82 Å². The first-order chi connectivity index (χ1) is 8.33. The summed E-state index contributed by atoms with van der Waals surface area (Å²) < 4.78 is 5.42. The van der Waals surface area contributed by atoms with Gasteiger partial charge in [-0.2, -0.15) is 0 Å². The Hall–Kier alpha value is -1.13. The number of nitrogens with zero attached hydrogens (tertiary/aromatic N) is 2. The third-order valence-corrected chi connectivity index (χ3v) is 3.28. The van der Waals surface area contributed by atoms with Gasteiger partial charge in [0.2, 0.25) is 0 Å². The average molecular weight is 235 g/mol. The van der Waals surface area contributed by atoms with Gasteiger partial charge in [0.15, 0.2) is 0 Å². The normalized spacial score (nSPS) is 20.6. The minimum Gasteiger partial charge on any atom is -0.380 e. The van der Waals surface area contributed by atoms with Gasteiger partial charge >= 0.3 is 0 Å². The first kappa shape index (κ1) is 12.3. The van der Waals surface area contributed by atoms with E-state index in [9.17, 15) is 0 Å². The zero-order chi connectivity index (χ0) is 12.1. The molecule has 0 spiro atoms. The van der Waals surface area contributed by atoms with Crippen LogP contribution in [-0.4, -0.2) is 37.8 Å². The maximum Gasteiger partial charge on any atom is 0.128 e. The topological polar surface area (TPSA) is 51.4 Å². The minimum absolute atomic E-state index is 0.342. The lowest BCUT2D eigenvalue weighted by Crippen LogP contribution is -2.39. The Labute approximate surface area is 103 Å². The van der Waals surface area contributed by atoms with Crippen molar-refractivity contribution in [1.29, 1.82) is 0 Å². The Bertz CT molecular complexity index is 339. The van der Waals surface area contributed by atoms with E-state index in [-0.39, 0.29) is 0 Å². The summed E-state index contributed by atoms with van der Waals surface area (Å²) in [5.41, 5.74) is 6.73. The second-order valence-corrected chi connectivity index (χ2v) is 4.51. The third kappa shape index (κ3) is 3.17. The van der Waals surface area contributed by atoms with Crippen molar-refractivity contribution in [2.75, 3.05) is 31.6 Å². The van der Waals surface area contributed by atoms with Gasteiger partial charge < -0.3 is 15.4 Å². The second kappa shape index (κ2) is 5.98. The molecule has 2 rings (SSSR count). The summed E-state index contributed by atoms with van der Waals surface area (Å²) >= 11 is 0. The van der Waals surface area contributed by atoms with Gasteiger partial charge in [0.05, 0.1) is 6.10 Å². The summed E-state index contributed by atoms with van der Waals surface area (Å²) in [4.78, 5) is 6.80. The Kier molecular flexibility index (Phi) is 4.34. The average Bonchev–Trinajstić information content (AvgIpc) is 2.40. The van der Waals surface area contributed by atoms with Crippen LogP contribution in [0.3, 0.4) is 0 Å². The molecule has 0 radical (unpaired) electrons. The monoisotopic (exact) mass is 235 g/mol. The maximum absolute atomic E-state index is 5.52. The zero-order valence-electron chi connectivity index (χ0n) is 10.4. The molecule has 1 saturated heterocycles. The molecule has 4 heteroatoms. The van der Waals surface area contributed by atoms with Crippen molar-refractivity contribution in [3.8, 4) is 0 Å². The standard InChI is InChI=1S/C13H21N3O/c1-17-12-3-2-8-16(10-12)13-5-4-11(6-7-14)9-15-13/h4-5,9,12H,2-3,6-8,10,14H2,1H3. The highest BCUT2D eigenvalue weighted by Crippen LogP contribution is 2.19. The van der Waals surface area contributed by atoms with E-state index in [1.165, 1.54) is 12.0 Å². The number of piperidine rings is 1. The molecule has 1 aliphatic rings. The molecule has 1 aliphatic heterocycles. The van der Waals surface area contributed by atoms with Crippen LogP contribution in [0.25, 0.3) is 0 Å². The van der Waals surface area contributed by atoms with Crippen molar-refractivity contribution in [3.05, 3.63) is 23.9 Å². The van der Waals surface area contributed by atoms with Crippen LogP contribution in [0.2, 0.25) is 0 Å². The van der Waals surface area contributed by atoms with Gasteiger partial charge in [-0.05, 0) is 37.4 Å². The Balaban J connectivity index is 2.01. The van der Waals surface area contributed by atoms with E-state index >= 15 is 0 Å². The van der Waals surface area contributed by atoms with E-state index < -0.39 is 0 Å². The highest BCUT2D eigenvalue weighted by molar-refractivity contribution is 5.40. The van der Waals surface area contributed by atoms with Gasteiger partial charge in [-0.3, -0.25) is 0 Å². The Morgan fingerprint density at radius 1 is 1.53 bits per heavy atom. The van der Waals surface area contributed by atoms with Gasteiger partial charge in [0.25, 0.3) is 0 Å². The summed E-state index contributed by atoms with van der Waals surface area (Å²) in [6.07, 6.45) is 5.49. The predicted octanol–water partition coefficient (Wildman–Crippen LogP) is 1.20. The number of anilines is 1. The molecule has 0 amide bonds. The molecule has 1 unspecified atom stereocenters. The maximum atomic E-state index is 5.52. The van der Waals surface area contributed by atoms with E-state index in [1.54, 1.807) is 7.11 Å². The smallest absolute Gasteiger partial charge is 0.128 e. The summed E-state index contributed by atoms with van der Waals surface area (Å²) in [7, 11) is 1.78. The van der Waals surface area contributed by atoms with Crippen molar-refractivity contribution in [1.82, 2.24) is 4.98 Å². The van der Waals surface area contributed by atoms with Gasteiger partial charge in [-0.25, -0.2) is 4.98 Å². The molecule has 0 aliphatic carbocycles. The van der Waals surface area contributed by atoms with Gasteiger partial charge in [0, 0.05) is 26.4 Å². The van der Waals surface area contributed by atoms with E-state index in [4.69, 9.17) is 10.5 Å². The molecule has 0 bridgehead atoms. The molecule has 1 aromatic heterocycles. The summed E-state index contributed by atoms with van der Waals surface area (Å²) in [6, 6.07) is 4.20. The van der Waals surface area contributed by atoms with Crippen LogP contribution < -0.4 is 10.6 Å². The van der Waals surface area contributed by atoms with Gasteiger partial charge in [-0.15, -0.1) is 0 Å². The number of aromatic nitrogens is 1. The van der Waals surface area contributed by atoms with Gasteiger partial charge in [-0.1, -0.05) is 6.07 Å². The van der Waals surface area contributed by atoms with Crippen molar-refractivity contribution in [2.24, 2.45) is 5.73 Å². The number of hydrogen-bond acceptors (Lipinski definition) is 4. The Morgan fingerprint density at radius 3 is 3.06 bits per heavy atom. The van der Waals surface area contributed by atoms with Crippen LogP contribution in [0, 0.1) is 0 Å². The number of methoxy groups -OCH3 is 1. The molecule has 0 aromatic carbocycles. The molecule has 2 N–H and O–H groups in total. The molecule has 1 fully saturated rings. The lowest BCUT2D eigenvalue weighted by atomic mass is 10.1. The molecule has 17 heavy (non-hydrogen) atoms. The number of ether oxygens (including phenoxy) is 1. The predicted molar refractivity (Wildman–Crippen MR) is 69.2 cm³/mol. The van der Waals surface area contributed by atoms with Crippen LogP contribution >= 0.6 is 0 Å². The molecular weight excluding hydrogens is 214 g/mol. The first-order valence-electron chi connectivity index (χ1n) is 6.26. The van der Waals surface area contributed by atoms with Crippen molar-refractivity contribution >= 4 is 5.82 Å². The van der Waals surface area contributed by atoms with Crippen LogP contribution in [0.15, 0.2) is 18.3 Å². The number of nitrogens with two attached hydrogens (primary N) is 1. The summed E-state index contributed by atoms with van der Waals surface area (Å²) in [5, 5.41) is 0. The fourth-order valence-electron chi connectivity index (χ4n) is 2.26. The van der Waals surface area contributed by atoms with Gasteiger partial charge in [0.1, 0.15) is 5.82 Å². The zero-order valence-corrected chi connectivity index (χ0v) is 10.4. The first-order valence-corrected chi connectivity index (χ1v) is 6.26. The molecule has 0 saturated carbocycles. The summed E-state index contributed by atoms with van der Waals surface area (Å²) in [6.45, 7) is 2.69. The highest BCUT2D eigenvalue weighted by atomic mass is 16.5. The number of rotatable bonds is 4. The van der Waals surface area contributed by atoms with Crippen LogP contribution in [-0.2, 0) is 11.2 Å². The van der Waals surface area contributed by atoms with E-state index in [2.05, 4.69) is 22.0 Å². The fraction of sp³-hybridized carbons (Fsp3) is 0.615. The molecule has 2 heterocycles. The fourth-order valence-corrected chi connectivity index (χ4v) is 2.26. The molecule has 1 atom stereocenters. The SMILES string of the molecule is COC1CCCN(c2ccc(CCN)cn2)C1. The van der Waals surface area contributed by atoms with Crippen LogP contribution in [0.1, 0.15) is 18.4 Å². The Morgan fingerprint density at radius 2 is 2.41 bits per heavy atom. The molecule has 1 aromatic rings. The largest absolute Gasteiger partial charge is 0.380 e. The van der Waals surface area contributed by atoms with Crippen molar-refractivity contribution < 1.29 is 4.74 Å². The molecule has 4 nitrogen and oxygen atoms in total. The lowest BCUT2D eigenvalue weighted by molar-refractivity contribution is 0.0891. The van der Waals surface area contributed by atoms with E-state index in [0.717, 1.165) is 31.7 Å². The number of hydrogen-bond donors (Lipinski definition) is 1. The second-order valence-electron chi connectivity index (χ2n) is 4.51. The molecular formula is C13H21N3O. The molecule has 94 valence electrons. The third-order valence-electron chi connectivity index (χ3n) is 3.28. The lowest BCUT2D eigenvalue weighted by Gasteiger charge is -2.32. The van der Waals surface area contributed by atoms with Crippen LogP contribution in [0.5, 0.6) is 0 Å². The van der Waals surface area contributed by atoms with Crippen molar-refractivity contribution in [3.63, 3.8) is 0 Å². The number of pyridine rings is 1. The highest BCUT2D eigenvalue weighted by Gasteiger charge is 2.20. The summed E-state index contributed by atoms with van der Waals surface area (Å²) in [5.74, 6) is 1.05. The van der Waals surface area contributed by atoms with E-state index in [1.807, 2.05) is 6.20 Å². The minimum atomic E-state index is 0.342. The van der Waals surface area contributed by atoms with E-state index in [0.29, 0.717) is 12.6 Å². The quantitative estimate of drug-likeness (QED) is 0.852.